The summed E-state index contributed by atoms with van der Waals surface area (Å²) in [4.78, 5) is 4.36. The van der Waals surface area contributed by atoms with Crippen molar-refractivity contribution in [3.63, 3.8) is 0 Å². The summed E-state index contributed by atoms with van der Waals surface area (Å²) in [7, 11) is 0. The standard InChI is InChI=1S/C12H13BrClN3/c1-2-5-17-7-16-11(12(17)15)9-4-3-8(14)6-10(9)13/h3-4,6-7H,2,5,15H2,1H3. The molecular weight excluding hydrogens is 302 g/mol. The van der Waals surface area contributed by atoms with Crippen molar-refractivity contribution >= 4 is 33.3 Å². The lowest BCUT2D eigenvalue weighted by atomic mass is 10.1. The van der Waals surface area contributed by atoms with Gasteiger partial charge in [0.25, 0.3) is 0 Å². The van der Waals surface area contributed by atoms with Crippen LogP contribution in [0.3, 0.4) is 0 Å². The number of nitrogens with two attached hydrogens (primary N) is 1. The maximum Gasteiger partial charge on any atom is 0.131 e. The van der Waals surface area contributed by atoms with Crippen molar-refractivity contribution in [3.8, 4) is 11.3 Å². The number of nitrogen functional groups attached to an aromatic ring is 1. The Hall–Kier alpha value is -1.00. The molecule has 3 nitrogen and oxygen atoms in total. The van der Waals surface area contributed by atoms with Gasteiger partial charge in [-0.05, 0) is 18.6 Å². The van der Waals surface area contributed by atoms with Crippen molar-refractivity contribution in [3.05, 3.63) is 34.0 Å². The van der Waals surface area contributed by atoms with Crippen LogP contribution in [-0.2, 0) is 6.54 Å². The molecule has 0 aliphatic heterocycles. The van der Waals surface area contributed by atoms with Crippen LogP contribution in [0.25, 0.3) is 11.3 Å². The third-order valence-electron chi connectivity index (χ3n) is 2.53. The summed E-state index contributed by atoms with van der Waals surface area (Å²) in [5, 5.41) is 0.687. The molecule has 17 heavy (non-hydrogen) atoms. The van der Waals surface area contributed by atoms with Gasteiger partial charge in [0.2, 0.25) is 0 Å². The molecule has 1 heterocycles. The van der Waals surface area contributed by atoms with Gasteiger partial charge in [0.05, 0.1) is 6.33 Å². The summed E-state index contributed by atoms with van der Waals surface area (Å²) in [5.41, 5.74) is 7.83. The van der Waals surface area contributed by atoms with Crippen molar-refractivity contribution < 1.29 is 0 Å². The van der Waals surface area contributed by atoms with Crippen LogP contribution in [0.1, 0.15) is 13.3 Å². The van der Waals surface area contributed by atoms with E-state index in [1.807, 2.05) is 22.8 Å². The minimum atomic E-state index is 0.687. The summed E-state index contributed by atoms with van der Waals surface area (Å²) < 4.78 is 2.86. The molecule has 0 fully saturated rings. The van der Waals surface area contributed by atoms with Gasteiger partial charge in [-0.1, -0.05) is 40.5 Å². The fourth-order valence-electron chi connectivity index (χ4n) is 1.70. The van der Waals surface area contributed by atoms with Crippen LogP contribution in [0.2, 0.25) is 5.02 Å². The van der Waals surface area contributed by atoms with E-state index in [-0.39, 0.29) is 0 Å². The molecular formula is C12H13BrClN3. The number of hydrogen-bond acceptors (Lipinski definition) is 2. The summed E-state index contributed by atoms with van der Waals surface area (Å²) in [6.45, 7) is 2.99. The molecule has 1 aromatic heterocycles. The molecule has 0 amide bonds. The first kappa shape index (κ1) is 12.5. The number of anilines is 1. The van der Waals surface area contributed by atoms with Crippen LogP contribution in [-0.4, -0.2) is 9.55 Å². The maximum atomic E-state index is 6.08. The molecule has 1 aromatic carbocycles. The second-order valence-corrected chi connectivity index (χ2v) is 5.09. The van der Waals surface area contributed by atoms with E-state index in [9.17, 15) is 0 Å². The van der Waals surface area contributed by atoms with Gasteiger partial charge in [-0.3, -0.25) is 0 Å². The quantitative estimate of drug-likeness (QED) is 0.932. The number of aryl methyl sites for hydroxylation is 1. The molecule has 90 valence electrons. The minimum Gasteiger partial charge on any atom is -0.383 e. The lowest BCUT2D eigenvalue weighted by Crippen LogP contribution is -2.01. The topological polar surface area (TPSA) is 43.8 Å². The molecule has 0 aliphatic rings. The zero-order chi connectivity index (χ0) is 12.4. The molecule has 5 heteroatoms. The van der Waals surface area contributed by atoms with Crippen molar-refractivity contribution in [2.45, 2.75) is 19.9 Å². The molecule has 0 unspecified atom stereocenters. The van der Waals surface area contributed by atoms with Crippen molar-refractivity contribution in [2.75, 3.05) is 5.73 Å². The average Bonchev–Trinajstić information content (AvgIpc) is 2.62. The van der Waals surface area contributed by atoms with E-state index in [4.69, 9.17) is 17.3 Å². The highest BCUT2D eigenvalue weighted by atomic mass is 79.9. The van der Waals surface area contributed by atoms with Crippen LogP contribution in [0.4, 0.5) is 5.82 Å². The minimum absolute atomic E-state index is 0.687. The molecule has 0 atom stereocenters. The van der Waals surface area contributed by atoms with E-state index >= 15 is 0 Å². The molecule has 0 bridgehead atoms. The lowest BCUT2D eigenvalue weighted by molar-refractivity contribution is 0.686. The Morgan fingerprint density at radius 3 is 2.88 bits per heavy atom. The van der Waals surface area contributed by atoms with Crippen molar-refractivity contribution in [2.24, 2.45) is 0 Å². The van der Waals surface area contributed by atoms with Crippen molar-refractivity contribution in [1.29, 1.82) is 0 Å². The van der Waals surface area contributed by atoms with Crippen LogP contribution >= 0.6 is 27.5 Å². The second kappa shape index (κ2) is 5.10. The maximum absolute atomic E-state index is 6.08. The largest absolute Gasteiger partial charge is 0.383 e. The normalized spacial score (nSPS) is 10.8. The highest BCUT2D eigenvalue weighted by Gasteiger charge is 2.12. The predicted octanol–water partition coefficient (Wildman–Crippen LogP) is 3.96. The molecule has 2 rings (SSSR count). The fraction of sp³-hybridized carbons (Fsp3) is 0.250. The predicted molar refractivity (Wildman–Crippen MR) is 75.1 cm³/mol. The SMILES string of the molecule is CCCn1cnc(-c2ccc(Cl)cc2Br)c1N. The number of benzene rings is 1. The Balaban J connectivity index is 2.46. The zero-order valence-corrected chi connectivity index (χ0v) is 11.8. The number of imidazole rings is 1. The van der Waals surface area contributed by atoms with Gasteiger partial charge < -0.3 is 10.3 Å². The van der Waals surface area contributed by atoms with Crippen LogP contribution < -0.4 is 5.73 Å². The van der Waals surface area contributed by atoms with Gasteiger partial charge in [-0.2, -0.15) is 0 Å². The third-order valence-corrected chi connectivity index (χ3v) is 3.42. The molecule has 0 aliphatic carbocycles. The van der Waals surface area contributed by atoms with Gasteiger partial charge in [0, 0.05) is 21.6 Å². The molecule has 0 saturated carbocycles. The monoisotopic (exact) mass is 313 g/mol. The summed E-state index contributed by atoms with van der Waals surface area (Å²) in [6, 6.07) is 5.59. The lowest BCUT2D eigenvalue weighted by Gasteiger charge is -2.05. The third kappa shape index (κ3) is 2.48. The molecule has 0 saturated heterocycles. The number of hydrogen-bond donors (Lipinski definition) is 1. The Bertz CT molecular complexity index is 537. The van der Waals surface area contributed by atoms with E-state index in [2.05, 4.69) is 27.8 Å². The molecule has 2 N–H and O–H groups in total. The second-order valence-electron chi connectivity index (χ2n) is 3.80. The van der Waals surface area contributed by atoms with Gasteiger partial charge in [0.15, 0.2) is 0 Å². The first-order valence-electron chi connectivity index (χ1n) is 5.39. The zero-order valence-electron chi connectivity index (χ0n) is 9.45. The molecule has 0 radical (unpaired) electrons. The van der Waals surface area contributed by atoms with Crippen molar-refractivity contribution in [1.82, 2.24) is 9.55 Å². The fourth-order valence-corrected chi connectivity index (χ4v) is 2.57. The summed E-state index contributed by atoms with van der Waals surface area (Å²) in [6.07, 6.45) is 2.80. The van der Waals surface area contributed by atoms with Gasteiger partial charge in [-0.25, -0.2) is 4.98 Å². The average molecular weight is 315 g/mol. The number of nitrogens with zero attached hydrogens (tertiary/aromatic N) is 2. The van der Waals surface area contributed by atoms with Crippen LogP contribution in [0, 0.1) is 0 Å². The highest BCUT2D eigenvalue weighted by molar-refractivity contribution is 9.10. The van der Waals surface area contributed by atoms with Gasteiger partial charge in [-0.15, -0.1) is 0 Å². The van der Waals surface area contributed by atoms with Crippen LogP contribution in [0.5, 0.6) is 0 Å². The number of rotatable bonds is 3. The highest BCUT2D eigenvalue weighted by Crippen LogP contribution is 2.32. The van der Waals surface area contributed by atoms with E-state index in [0.717, 1.165) is 28.7 Å². The van der Waals surface area contributed by atoms with E-state index in [1.165, 1.54) is 0 Å². The van der Waals surface area contributed by atoms with E-state index in [0.29, 0.717) is 10.8 Å². The Labute approximate surface area is 114 Å². The number of halogens is 2. The Morgan fingerprint density at radius 2 is 2.24 bits per heavy atom. The summed E-state index contributed by atoms with van der Waals surface area (Å²) in [5.74, 6) is 0.690. The first-order chi connectivity index (χ1) is 8.13. The molecule has 0 spiro atoms. The molecule has 2 aromatic rings. The van der Waals surface area contributed by atoms with Gasteiger partial charge >= 0.3 is 0 Å². The first-order valence-corrected chi connectivity index (χ1v) is 6.56. The Morgan fingerprint density at radius 1 is 1.47 bits per heavy atom. The summed E-state index contributed by atoms with van der Waals surface area (Å²) >= 11 is 9.39. The van der Waals surface area contributed by atoms with Gasteiger partial charge in [0.1, 0.15) is 11.5 Å². The van der Waals surface area contributed by atoms with E-state index < -0.39 is 0 Å². The van der Waals surface area contributed by atoms with Crippen LogP contribution in [0.15, 0.2) is 29.0 Å². The smallest absolute Gasteiger partial charge is 0.131 e. The number of aromatic nitrogens is 2. The van der Waals surface area contributed by atoms with E-state index in [1.54, 1.807) is 6.33 Å². The Kier molecular flexibility index (Phi) is 3.74.